The number of ether oxygens (including phenoxy) is 6. The maximum atomic E-state index is 12.9. The Balaban J connectivity index is 1.75. The highest BCUT2D eigenvalue weighted by molar-refractivity contribution is 6.23. The first-order valence-corrected chi connectivity index (χ1v) is 13.2. The highest BCUT2D eigenvalue weighted by Gasteiger charge is 2.78. The zero-order valence-corrected chi connectivity index (χ0v) is 22.8. The smallest absolute Gasteiger partial charge is 0.312 e. The van der Waals surface area contributed by atoms with E-state index >= 15 is 0 Å². The average Bonchev–Trinajstić information content (AvgIpc) is 3.73. The summed E-state index contributed by atoms with van der Waals surface area (Å²) in [4.78, 5) is 49.9. The van der Waals surface area contributed by atoms with Gasteiger partial charge in [-0.25, -0.2) is 0 Å². The molecule has 0 aromatic carbocycles. The molecule has 5 fully saturated rings. The largest absolute Gasteiger partial charge is 0.459 e. The molecule has 38 heavy (non-hydrogen) atoms. The highest BCUT2D eigenvalue weighted by atomic mass is 35.5. The monoisotopic (exact) mass is 556 g/mol. The Kier molecular flexibility index (Phi) is 6.41. The van der Waals surface area contributed by atoms with Crippen molar-refractivity contribution in [1.82, 2.24) is 0 Å². The number of fused-ring (bicyclic) bond motifs is 5. The van der Waals surface area contributed by atoms with Gasteiger partial charge in [0.25, 0.3) is 0 Å². The van der Waals surface area contributed by atoms with E-state index in [9.17, 15) is 24.3 Å². The molecule has 3 aliphatic heterocycles. The second-order valence-electron chi connectivity index (χ2n) is 11.4. The summed E-state index contributed by atoms with van der Waals surface area (Å²) in [5.41, 5.74) is -2.92. The first-order chi connectivity index (χ1) is 17.6. The SMILES string of the molecule is C=C1[C@H]2O[C@H]2[C@H](OC(C)=O)[C@]2(C)C([C@@H](C)[C@H](OC(C)=O)[C@@H]3O[C@@H]32)[C@H](OC(C)=O)[C@]2(O)[C@@H](C)C(=O)O[C@H]2[C@H]1Cl. The van der Waals surface area contributed by atoms with Gasteiger partial charge in [0.15, 0.2) is 11.7 Å². The number of carbonyl (C=O) groups is 4. The second kappa shape index (κ2) is 8.90. The van der Waals surface area contributed by atoms with Gasteiger partial charge in [-0.1, -0.05) is 20.4 Å². The van der Waals surface area contributed by atoms with Crippen LogP contribution in [-0.4, -0.2) is 88.8 Å². The number of alkyl halides is 1. The molecule has 2 aliphatic carbocycles. The minimum absolute atomic E-state index is 0.331. The normalized spacial score (nSPS) is 50.7. The van der Waals surface area contributed by atoms with Gasteiger partial charge < -0.3 is 33.5 Å². The van der Waals surface area contributed by atoms with Gasteiger partial charge >= 0.3 is 23.9 Å². The predicted molar refractivity (Wildman–Crippen MR) is 128 cm³/mol. The molecule has 0 amide bonds. The second-order valence-corrected chi connectivity index (χ2v) is 11.8. The minimum atomic E-state index is -2.12. The summed E-state index contributed by atoms with van der Waals surface area (Å²) in [6.45, 7) is 12.9. The third-order valence-electron chi connectivity index (χ3n) is 9.10. The maximum Gasteiger partial charge on any atom is 0.312 e. The van der Waals surface area contributed by atoms with E-state index in [-0.39, 0.29) is 0 Å². The van der Waals surface area contributed by atoms with Gasteiger partial charge in [0, 0.05) is 38.0 Å². The zero-order valence-electron chi connectivity index (χ0n) is 22.0. The van der Waals surface area contributed by atoms with E-state index in [1.165, 1.54) is 27.7 Å². The number of halogens is 1. The summed E-state index contributed by atoms with van der Waals surface area (Å²) in [7, 11) is 0. The molecule has 0 bridgehead atoms. The number of rotatable bonds is 3. The van der Waals surface area contributed by atoms with Crippen LogP contribution in [0.5, 0.6) is 0 Å². The van der Waals surface area contributed by atoms with Crippen LogP contribution in [0.2, 0.25) is 0 Å². The van der Waals surface area contributed by atoms with Crippen LogP contribution < -0.4 is 0 Å². The summed E-state index contributed by atoms with van der Waals surface area (Å²) in [6, 6.07) is 0. The predicted octanol–water partition coefficient (Wildman–Crippen LogP) is 1.06. The summed E-state index contributed by atoms with van der Waals surface area (Å²) in [6.07, 6.45) is -6.89. The Morgan fingerprint density at radius 3 is 2.11 bits per heavy atom. The molecule has 3 saturated heterocycles. The standard InChI is InChI=1S/C26H33ClO11/c1-8-14-20(34-12(5)29)26(32)10(3)24(31)38-21(26)15(27)9(2)17-18(36-17)22(35-13(6)30)25(14,7)23-19(37-23)16(8)33-11(4)28/h8,10,14-23,32H,2H2,1,3-7H3/t8-,10+,14?,15+,16+,17-,18-,19+,20+,21+,22+,23+,25+,26-/m1/s1. The third-order valence-corrected chi connectivity index (χ3v) is 9.61. The lowest BCUT2D eigenvalue weighted by molar-refractivity contribution is -0.226. The van der Waals surface area contributed by atoms with E-state index in [4.69, 9.17) is 40.0 Å². The first kappa shape index (κ1) is 27.4. The van der Waals surface area contributed by atoms with Crippen molar-refractivity contribution in [3.8, 4) is 0 Å². The van der Waals surface area contributed by atoms with E-state index < -0.39 is 107 Å². The number of hydrogen-bond donors (Lipinski definition) is 1. The van der Waals surface area contributed by atoms with Crippen molar-refractivity contribution in [2.45, 2.75) is 101 Å². The number of aliphatic hydroxyl groups is 1. The molecule has 5 aliphatic rings. The van der Waals surface area contributed by atoms with Gasteiger partial charge in [-0.3, -0.25) is 19.2 Å². The van der Waals surface area contributed by atoms with Crippen molar-refractivity contribution in [2.24, 2.45) is 23.2 Å². The van der Waals surface area contributed by atoms with E-state index in [0.29, 0.717) is 5.57 Å². The Bertz CT molecular complexity index is 1090. The Morgan fingerprint density at radius 1 is 0.947 bits per heavy atom. The fraction of sp³-hybridized carbons (Fsp3) is 0.769. The number of epoxide rings is 2. The van der Waals surface area contributed by atoms with Crippen LogP contribution in [0, 0.1) is 23.2 Å². The summed E-state index contributed by atoms with van der Waals surface area (Å²) in [5.74, 6) is -5.18. The first-order valence-electron chi connectivity index (χ1n) is 12.7. The van der Waals surface area contributed by atoms with E-state index in [1.54, 1.807) is 6.92 Å². The van der Waals surface area contributed by atoms with Crippen molar-refractivity contribution in [1.29, 1.82) is 0 Å². The van der Waals surface area contributed by atoms with Crippen LogP contribution in [0.15, 0.2) is 12.2 Å². The molecule has 2 saturated carbocycles. The fourth-order valence-corrected chi connectivity index (χ4v) is 7.65. The van der Waals surface area contributed by atoms with Crippen LogP contribution in [0.3, 0.4) is 0 Å². The molecule has 11 nitrogen and oxygen atoms in total. The summed E-state index contributed by atoms with van der Waals surface area (Å²) in [5, 5.41) is 11.3. The Labute approximate surface area is 225 Å². The van der Waals surface area contributed by atoms with Gasteiger partial charge in [0.1, 0.15) is 36.6 Å². The van der Waals surface area contributed by atoms with Crippen molar-refractivity contribution in [3.05, 3.63) is 12.2 Å². The lowest BCUT2D eigenvalue weighted by Crippen LogP contribution is -2.69. The van der Waals surface area contributed by atoms with E-state index in [1.807, 2.05) is 6.92 Å². The van der Waals surface area contributed by atoms with E-state index in [0.717, 1.165) is 0 Å². The number of hydrogen-bond acceptors (Lipinski definition) is 11. The van der Waals surface area contributed by atoms with Crippen LogP contribution in [-0.2, 0) is 47.6 Å². The summed E-state index contributed by atoms with van der Waals surface area (Å²) >= 11 is 6.79. The quantitative estimate of drug-likeness (QED) is 0.175. The molecule has 1 N–H and O–H groups in total. The molecule has 0 aromatic heterocycles. The van der Waals surface area contributed by atoms with Crippen LogP contribution in [0.25, 0.3) is 0 Å². The van der Waals surface area contributed by atoms with Crippen LogP contribution in [0.1, 0.15) is 41.5 Å². The fourth-order valence-electron chi connectivity index (χ4n) is 7.28. The topological polar surface area (TPSA) is 150 Å². The molecule has 3 heterocycles. The van der Waals surface area contributed by atoms with Gasteiger partial charge in [-0.15, -0.1) is 11.6 Å². The molecule has 14 atom stereocenters. The zero-order chi connectivity index (χ0) is 28.1. The summed E-state index contributed by atoms with van der Waals surface area (Å²) < 4.78 is 35.1. The molecule has 0 aromatic rings. The lowest BCUT2D eigenvalue weighted by atomic mass is 9.53. The molecule has 1 unspecified atom stereocenters. The van der Waals surface area contributed by atoms with Crippen LogP contribution >= 0.6 is 11.6 Å². The Hall–Kier alpha value is -2.21. The van der Waals surface area contributed by atoms with Gasteiger partial charge in [0.2, 0.25) is 0 Å². The molecule has 0 radical (unpaired) electrons. The average molecular weight is 557 g/mol. The molecule has 0 spiro atoms. The highest BCUT2D eigenvalue weighted by Crippen LogP contribution is 2.64. The number of carbonyl (C=O) groups excluding carboxylic acids is 4. The van der Waals surface area contributed by atoms with Crippen molar-refractivity contribution in [3.63, 3.8) is 0 Å². The van der Waals surface area contributed by atoms with Crippen molar-refractivity contribution < 1.29 is 52.7 Å². The van der Waals surface area contributed by atoms with Gasteiger partial charge in [-0.05, 0) is 12.5 Å². The van der Waals surface area contributed by atoms with Crippen molar-refractivity contribution >= 4 is 35.5 Å². The molecule has 12 heteroatoms. The Morgan fingerprint density at radius 2 is 1.53 bits per heavy atom. The van der Waals surface area contributed by atoms with E-state index in [2.05, 4.69) is 6.58 Å². The lowest BCUT2D eigenvalue weighted by Gasteiger charge is -2.54. The maximum absolute atomic E-state index is 12.9. The third kappa shape index (κ3) is 3.80. The van der Waals surface area contributed by atoms with Crippen molar-refractivity contribution in [2.75, 3.05) is 0 Å². The minimum Gasteiger partial charge on any atom is -0.459 e. The molecule has 210 valence electrons. The van der Waals surface area contributed by atoms with Crippen LogP contribution in [0.4, 0.5) is 0 Å². The molecule has 5 rings (SSSR count). The molecular weight excluding hydrogens is 524 g/mol. The number of esters is 4. The van der Waals surface area contributed by atoms with Gasteiger partial charge in [-0.2, -0.15) is 0 Å². The molecular formula is C26H33ClO11. The van der Waals surface area contributed by atoms with Gasteiger partial charge in [0.05, 0.1) is 17.4 Å².